The molecule has 1 aromatic carbocycles. The van der Waals surface area contributed by atoms with E-state index in [0.29, 0.717) is 57.8 Å². The van der Waals surface area contributed by atoms with Gasteiger partial charge in [-0.15, -0.1) is 0 Å². The van der Waals surface area contributed by atoms with Gasteiger partial charge in [0.05, 0.1) is 0 Å². The molecule has 0 radical (unpaired) electrons. The number of piperidine rings is 1. The fourth-order valence-corrected chi connectivity index (χ4v) is 4.46. The maximum Gasteiger partial charge on any atom is 0.270 e. The Morgan fingerprint density at radius 3 is 2.00 bits per heavy atom. The lowest BCUT2D eigenvalue weighted by molar-refractivity contribution is -0.139. The fourth-order valence-electron chi connectivity index (χ4n) is 4.46. The molecule has 2 aliphatic rings. The van der Waals surface area contributed by atoms with Crippen molar-refractivity contribution >= 4 is 34.5 Å². The van der Waals surface area contributed by atoms with E-state index < -0.39 is 0 Å². The first-order valence-corrected chi connectivity index (χ1v) is 11.1. The predicted octanol–water partition coefficient (Wildman–Crippen LogP) is 0.956. The Labute approximate surface area is 186 Å². The van der Waals surface area contributed by atoms with Gasteiger partial charge in [0.1, 0.15) is 5.69 Å². The number of carbonyl (C=O) groups excluding carboxylic acids is 4. The monoisotopic (exact) mass is 439 g/mol. The minimum atomic E-state index is -0.311. The summed E-state index contributed by atoms with van der Waals surface area (Å²) in [6.45, 7) is 2.87. The van der Waals surface area contributed by atoms with Crippen LogP contribution in [0.15, 0.2) is 30.3 Å². The molecule has 0 atom stereocenters. The molecule has 0 spiro atoms. The maximum atomic E-state index is 12.8. The summed E-state index contributed by atoms with van der Waals surface area (Å²) in [6, 6.07) is 9.60. The number of aromatic nitrogens is 1. The third-order valence-corrected chi connectivity index (χ3v) is 6.48. The number of rotatable bonds is 5. The van der Waals surface area contributed by atoms with Crippen LogP contribution in [0.3, 0.4) is 0 Å². The van der Waals surface area contributed by atoms with Crippen LogP contribution in [-0.2, 0) is 14.4 Å². The summed E-state index contributed by atoms with van der Waals surface area (Å²) in [5.41, 5.74) is 6.81. The zero-order valence-electron chi connectivity index (χ0n) is 18.1. The molecule has 9 heteroatoms. The summed E-state index contributed by atoms with van der Waals surface area (Å²) in [7, 11) is 0. The fraction of sp³-hybridized carbons (Fsp3) is 0.478. The predicted molar refractivity (Wildman–Crippen MR) is 119 cm³/mol. The third kappa shape index (κ3) is 4.76. The molecule has 3 heterocycles. The number of hydrogen-bond acceptors (Lipinski definition) is 4. The van der Waals surface area contributed by atoms with Gasteiger partial charge in [0.15, 0.2) is 0 Å². The zero-order valence-corrected chi connectivity index (χ0v) is 18.1. The van der Waals surface area contributed by atoms with Crippen molar-refractivity contribution in [2.24, 2.45) is 11.7 Å². The topological polar surface area (TPSA) is 120 Å². The van der Waals surface area contributed by atoms with Crippen LogP contribution in [0, 0.1) is 5.92 Å². The molecule has 1 aromatic heterocycles. The average Bonchev–Trinajstić information content (AvgIpc) is 3.26. The second-order valence-electron chi connectivity index (χ2n) is 8.50. The molecular formula is C23H29N5O4. The molecule has 2 aromatic rings. The van der Waals surface area contributed by atoms with Crippen LogP contribution in [-0.4, -0.2) is 82.6 Å². The molecule has 2 fully saturated rings. The number of nitrogens with zero attached hydrogens (tertiary/aromatic N) is 3. The summed E-state index contributed by atoms with van der Waals surface area (Å²) in [4.78, 5) is 57.4. The number of H-pyrrole nitrogens is 1. The molecule has 2 aliphatic heterocycles. The number of primary amides is 1. The molecular weight excluding hydrogens is 410 g/mol. The maximum absolute atomic E-state index is 12.8. The standard InChI is InChI=1S/C23H29N5O4/c24-22(31)16-7-9-26(10-8-16)20(29)5-6-21(30)27-11-13-28(14-12-27)23(32)19-15-17-3-1-2-4-18(17)25-19/h1-4,15-16,25H,5-14H2,(H2,24,31). The summed E-state index contributed by atoms with van der Waals surface area (Å²) in [5.74, 6) is -0.668. The summed E-state index contributed by atoms with van der Waals surface area (Å²) < 4.78 is 0. The molecule has 4 rings (SSSR count). The molecule has 170 valence electrons. The van der Waals surface area contributed by atoms with Crippen LogP contribution in [0.2, 0.25) is 0 Å². The van der Waals surface area contributed by atoms with Crippen molar-refractivity contribution in [3.63, 3.8) is 0 Å². The molecule has 0 aliphatic carbocycles. The van der Waals surface area contributed by atoms with E-state index in [1.165, 1.54) is 0 Å². The lowest BCUT2D eigenvalue weighted by Crippen LogP contribution is -2.50. The molecule has 2 saturated heterocycles. The smallest absolute Gasteiger partial charge is 0.270 e. The number of piperazine rings is 1. The highest BCUT2D eigenvalue weighted by Crippen LogP contribution is 2.19. The molecule has 0 bridgehead atoms. The summed E-state index contributed by atoms with van der Waals surface area (Å²) in [5, 5.41) is 0.994. The number of carbonyl (C=O) groups is 4. The number of hydrogen-bond donors (Lipinski definition) is 2. The number of amides is 4. The first-order valence-electron chi connectivity index (χ1n) is 11.1. The molecule has 4 amide bonds. The number of nitrogens with two attached hydrogens (primary N) is 1. The van der Waals surface area contributed by atoms with Crippen molar-refractivity contribution in [1.82, 2.24) is 19.7 Å². The largest absolute Gasteiger partial charge is 0.369 e. The van der Waals surface area contributed by atoms with Crippen molar-refractivity contribution in [3.8, 4) is 0 Å². The molecule has 32 heavy (non-hydrogen) atoms. The normalized spacial score (nSPS) is 17.6. The Kier molecular flexibility index (Phi) is 6.43. The lowest BCUT2D eigenvalue weighted by atomic mass is 9.96. The van der Waals surface area contributed by atoms with Crippen LogP contribution in [0.25, 0.3) is 10.9 Å². The highest BCUT2D eigenvalue weighted by molar-refractivity contribution is 5.98. The Hall–Kier alpha value is -3.36. The van der Waals surface area contributed by atoms with Crippen molar-refractivity contribution in [1.29, 1.82) is 0 Å². The minimum absolute atomic E-state index is 0.0612. The van der Waals surface area contributed by atoms with E-state index in [9.17, 15) is 19.2 Å². The number of nitrogens with one attached hydrogen (secondary N) is 1. The Bertz CT molecular complexity index is 983. The second kappa shape index (κ2) is 9.42. The van der Waals surface area contributed by atoms with Gasteiger partial charge in [-0.2, -0.15) is 0 Å². The number of aromatic amines is 1. The van der Waals surface area contributed by atoms with Gasteiger partial charge in [-0.3, -0.25) is 19.2 Å². The van der Waals surface area contributed by atoms with Gasteiger partial charge >= 0.3 is 0 Å². The number of para-hydroxylation sites is 1. The van der Waals surface area contributed by atoms with Crippen LogP contribution in [0.5, 0.6) is 0 Å². The average molecular weight is 440 g/mol. The summed E-state index contributed by atoms with van der Waals surface area (Å²) >= 11 is 0. The molecule has 0 saturated carbocycles. The van der Waals surface area contributed by atoms with Gasteiger partial charge in [-0.05, 0) is 25.0 Å². The molecule has 0 unspecified atom stereocenters. The van der Waals surface area contributed by atoms with Crippen LogP contribution >= 0.6 is 0 Å². The number of likely N-dealkylation sites (tertiary alicyclic amines) is 1. The van der Waals surface area contributed by atoms with E-state index in [4.69, 9.17) is 5.73 Å². The zero-order chi connectivity index (χ0) is 22.7. The number of fused-ring (bicyclic) bond motifs is 1. The Morgan fingerprint density at radius 2 is 1.41 bits per heavy atom. The lowest BCUT2D eigenvalue weighted by Gasteiger charge is -2.35. The highest BCUT2D eigenvalue weighted by atomic mass is 16.2. The number of benzene rings is 1. The first-order chi connectivity index (χ1) is 15.4. The van der Waals surface area contributed by atoms with E-state index in [1.807, 2.05) is 30.3 Å². The van der Waals surface area contributed by atoms with Gasteiger partial charge in [-0.1, -0.05) is 18.2 Å². The SMILES string of the molecule is NC(=O)C1CCN(C(=O)CCC(=O)N2CCN(C(=O)c3cc4ccccc4[nH]3)CC2)CC1. The molecule has 9 nitrogen and oxygen atoms in total. The van der Waals surface area contributed by atoms with E-state index in [2.05, 4.69) is 4.98 Å². The van der Waals surface area contributed by atoms with Crippen molar-refractivity contribution < 1.29 is 19.2 Å². The van der Waals surface area contributed by atoms with Crippen LogP contribution in [0.1, 0.15) is 36.2 Å². The van der Waals surface area contributed by atoms with E-state index in [-0.39, 0.29) is 42.4 Å². The molecule has 3 N–H and O–H groups in total. The Balaban J connectivity index is 1.22. The Morgan fingerprint density at radius 1 is 0.844 bits per heavy atom. The quantitative estimate of drug-likeness (QED) is 0.721. The van der Waals surface area contributed by atoms with Crippen LogP contribution in [0.4, 0.5) is 0 Å². The van der Waals surface area contributed by atoms with Gasteiger partial charge in [0.25, 0.3) is 5.91 Å². The third-order valence-electron chi connectivity index (χ3n) is 6.48. The van der Waals surface area contributed by atoms with Crippen molar-refractivity contribution in [3.05, 3.63) is 36.0 Å². The van der Waals surface area contributed by atoms with Gasteiger partial charge < -0.3 is 25.4 Å². The second-order valence-corrected chi connectivity index (χ2v) is 8.50. The van der Waals surface area contributed by atoms with E-state index in [0.717, 1.165) is 10.9 Å². The van der Waals surface area contributed by atoms with E-state index in [1.54, 1.807) is 14.7 Å². The highest BCUT2D eigenvalue weighted by Gasteiger charge is 2.28. The van der Waals surface area contributed by atoms with Gasteiger partial charge in [-0.25, -0.2) is 0 Å². The van der Waals surface area contributed by atoms with Crippen molar-refractivity contribution in [2.75, 3.05) is 39.3 Å². The first kappa shape index (κ1) is 21.9. The van der Waals surface area contributed by atoms with Crippen molar-refractivity contribution in [2.45, 2.75) is 25.7 Å². The van der Waals surface area contributed by atoms with Crippen LogP contribution < -0.4 is 5.73 Å². The van der Waals surface area contributed by atoms with Gasteiger partial charge in [0, 0.05) is 68.9 Å². The van der Waals surface area contributed by atoms with Gasteiger partial charge in [0.2, 0.25) is 17.7 Å². The minimum Gasteiger partial charge on any atom is -0.369 e. The summed E-state index contributed by atoms with van der Waals surface area (Å²) in [6.07, 6.45) is 1.49. The van der Waals surface area contributed by atoms with E-state index >= 15 is 0 Å².